The topological polar surface area (TPSA) is 65.7 Å². The third-order valence-corrected chi connectivity index (χ3v) is 5.28. The van der Waals surface area contributed by atoms with Crippen molar-refractivity contribution in [2.24, 2.45) is 0 Å². The molecule has 0 saturated carbocycles. The minimum atomic E-state index is -0.208. The first-order chi connectivity index (χ1) is 13.6. The fraction of sp³-hybridized carbons (Fsp3) is 0.150. The Morgan fingerprint density at radius 1 is 1.18 bits per heavy atom. The maximum Gasteiger partial charge on any atom is 0.291 e. The van der Waals surface area contributed by atoms with Gasteiger partial charge in [0.15, 0.2) is 17.3 Å². The van der Waals surface area contributed by atoms with Crippen LogP contribution in [0, 0.1) is 0 Å². The molecule has 4 rings (SSSR count). The van der Waals surface area contributed by atoms with Crippen LogP contribution in [0.2, 0.25) is 5.02 Å². The third-order valence-electron chi connectivity index (χ3n) is 4.07. The van der Waals surface area contributed by atoms with Gasteiger partial charge in [0.25, 0.3) is 5.56 Å². The fourth-order valence-electron chi connectivity index (χ4n) is 2.76. The van der Waals surface area contributed by atoms with Crippen LogP contribution < -0.4 is 19.6 Å². The summed E-state index contributed by atoms with van der Waals surface area (Å²) in [5.41, 5.74) is 1.43. The lowest BCUT2D eigenvalue weighted by Gasteiger charge is -2.09. The summed E-state index contributed by atoms with van der Waals surface area (Å²) in [6.45, 7) is 2.46. The summed E-state index contributed by atoms with van der Waals surface area (Å²) >= 11 is 7.20. The van der Waals surface area contributed by atoms with Crippen LogP contribution in [0.25, 0.3) is 22.4 Å². The summed E-state index contributed by atoms with van der Waals surface area (Å²) < 4.78 is 12.8. The van der Waals surface area contributed by atoms with Crippen molar-refractivity contribution >= 4 is 34.0 Å². The van der Waals surface area contributed by atoms with Gasteiger partial charge in [-0.1, -0.05) is 29.0 Å². The zero-order valence-corrected chi connectivity index (χ0v) is 16.8. The van der Waals surface area contributed by atoms with Crippen LogP contribution in [-0.2, 0) is 0 Å². The predicted octanol–water partition coefficient (Wildman–Crippen LogP) is 3.43. The molecule has 0 N–H and O–H groups in total. The molecule has 0 radical (unpaired) electrons. The van der Waals surface area contributed by atoms with E-state index >= 15 is 0 Å². The van der Waals surface area contributed by atoms with Gasteiger partial charge in [-0.25, -0.2) is 0 Å². The minimum Gasteiger partial charge on any atom is -0.493 e. The highest BCUT2D eigenvalue weighted by atomic mass is 35.5. The molecule has 2 heterocycles. The van der Waals surface area contributed by atoms with E-state index in [0.717, 1.165) is 11.1 Å². The molecule has 6 nitrogen and oxygen atoms in total. The Labute approximate surface area is 169 Å². The van der Waals surface area contributed by atoms with Crippen LogP contribution in [0.5, 0.6) is 11.5 Å². The van der Waals surface area contributed by atoms with Gasteiger partial charge in [0, 0.05) is 10.6 Å². The van der Waals surface area contributed by atoms with E-state index in [1.807, 2.05) is 37.3 Å². The quantitative estimate of drug-likeness (QED) is 0.501. The normalized spacial score (nSPS) is 11.9. The average molecular weight is 414 g/mol. The Hall–Kier alpha value is -2.90. The molecule has 142 valence electrons. The second-order valence-electron chi connectivity index (χ2n) is 5.90. The molecule has 2 aromatic heterocycles. The van der Waals surface area contributed by atoms with Crippen molar-refractivity contribution in [3.8, 4) is 22.9 Å². The molecule has 0 amide bonds. The van der Waals surface area contributed by atoms with Crippen molar-refractivity contribution in [2.45, 2.75) is 6.92 Å². The van der Waals surface area contributed by atoms with E-state index in [1.54, 1.807) is 25.3 Å². The minimum absolute atomic E-state index is 0.208. The number of ether oxygens (including phenoxy) is 2. The van der Waals surface area contributed by atoms with Crippen LogP contribution in [0.15, 0.2) is 47.3 Å². The standard InChI is InChI=1S/C20H16ClN3O3S/c1-3-27-15-9-4-12(10-16(15)26-2)11-17-19(25)24-20(28-17)22-18(23-24)13-5-7-14(21)8-6-13/h4-11H,3H2,1-2H3/b17-11-. The maximum atomic E-state index is 12.7. The zero-order chi connectivity index (χ0) is 19.7. The average Bonchev–Trinajstić information content (AvgIpc) is 3.23. The number of aromatic nitrogens is 3. The van der Waals surface area contributed by atoms with Gasteiger partial charge in [-0.15, -0.1) is 5.10 Å². The molecule has 0 atom stereocenters. The summed E-state index contributed by atoms with van der Waals surface area (Å²) in [5.74, 6) is 1.78. The fourth-order valence-corrected chi connectivity index (χ4v) is 3.79. The highest BCUT2D eigenvalue weighted by molar-refractivity contribution is 7.15. The number of fused-ring (bicyclic) bond motifs is 1. The Morgan fingerprint density at radius 2 is 1.96 bits per heavy atom. The van der Waals surface area contributed by atoms with Gasteiger partial charge >= 0.3 is 0 Å². The number of methoxy groups -OCH3 is 1. The third kappa shape index (κ3) is 3.46. The van der Waals surface area contributed by atoms with Crippen molar-refractivity contribution in [2.75, 3.05) is 13.7 Å². The van der Waals surface area contributed by atoms with E-state index in [1.165, 1.54) is 15.9 Å². The molecule has 28 heavy (non-hydrogen) atoms. The lowest BCUT2D eigenvalue weighted by Crippen LogP contribution is -2.23. The van der Waals surface area contributed by atoms with Gasteiger partial charge in [0.2, 0.25) is 4.96 Å². The molecular formula is C20H16ClN3O3S. The molecule has 0 aliphatic heterocycles. The van der Waals surface area contributed by atoms with E-state index in [0.29, 0.717) is 38.4 Å². The second-order valence-corrected chi connectivity index (χ2v) is 7.34. The highest BCUT2D eigenvalue weighted by Crippen LogP contribution is 2.28. The summed E-state index contributed by atoms with van der Waals surface area (Å²) in [7, 11) is 1.59. The van der Waals surface area contributed by atoms with E-state index in [4.69, 9.17) is 21.1 Å². The van der Waals surface area contributed by atoms with Crippen molar-refractivity contribution in [3.05, 3.63) is 67.9 Å². The Kier molecular flexibility index (Phi) is 5.02. The van der Waals surface area contributed by atoms with Gasteiger partial charge in [-0.2, -0.15) is 9.50 Å². The Bertz CT molecular complexity index is 1250. The van der Waals surface area contributed by atoms with Gasteiger partial charge < -0.3 is 9.47 Å². The Morgan fingerprint density at radius 3 is 2.64 bits per heavy atom. The van der Waals surface area contributed by atoms with E-state index in [-0.39, 0.29) is 5.56 Å². The van der Waals surface area contributed by atoms with E-state index < -0.39 is 0 Å². The van der Waals surface area contributed by atoms with Gasteiger partial charge in [0.1, 0.15) is 0 Å². The zero-order valence-electron chi connectivity index (χ0n) is 15.2. The van der Waals surface area contributed by atoms with Crippen molar-refractivity contribution in [1.82, 2.24) is 14.6 Å². The summed E-state index contributed by atoms with van der Waals surface area (Å²) in [4.78, 5) is 17.7. The van der Waals surface area contributed by atoms with Crippen LogP contribution >= 0.6 is 22.9 Å². The molecule has 0 bridgehead atoms. The largest absolute Gasteiger partial charge is 0.493 e. The maximum absolute atomic E-state index is 12.7. The molecule has 0 aliphatic rings. The number of rotatable bonds is 5. The molecule has 4 aromatic rings. The first-order valence-corrected chi connectivity index (χ1v) is 9.76. The van der Waals surface area contributed by atoms with Crippen LogP contribution in [0.4, 0.5) is 0 Å². The lowest BCUT2D eigenvalue weighted by atomic mass is 10.2. The molecule has 0 spiro atoms. The monoisotopic (exact) mass is 413 g/mol. The first kappa shape index (κ1) is 18.5. The second kappa shape index (κ2) is 7.61. The number of hydrogen-bond acceptors (Lipinski definition) is 6. The smallest absolute Gasteiger partial charge is 0.291 e. The molecule has 2 aromatic carbocycles. The molecule has 0 aliphatic carbocycles. The number of nitrogens with zero attached hydrogens (tertiary/aromatic N) is 3. The summed E-state index contributed by atoms with van der Waals surface area (Å²) in [5, 5.41) is 4.98. The van der Waals surface area contributed by atoms with Gasteiger partial charge in [-0.3, -0.25) is 4.79 Å². The molecule has 0 unspecified atom stereocenters. The Balaban J connectivity index is 1.74. The summed E-state index contributed by atoms with van der Waals surface area (Å²) in [6.07, 6.45) is 1.80. The SMILES string of the molecule is CCOc1ccc(/C=c2\sc3nc(-c4ccc(Cl)cc4)nn3c2=O)cc1OC. The van der Waals surface area contributed by atoms with Gasteiger partial charge in [0.05, 0.1) is 18.2 Å². The van der Waals surface area contributed by atoms with E-state index in [9.17, 15) is 4.79 Å². The molecule has 0 saturated heterocycles. The molecule has 0 fully saturated rings. The number of hydrogen-bond donors (Lipinski definition) is 0. The van der Waals surface area contributed by atoms with Gasteiger partial charge in [-0.05, 0) is 55.0 Å². The lowest BCUT2D eigenvalue weighted by molar-refractivity contribution is 0.311. The number of benzene rings is 2. The van der Waals surface area contributed by atoms with Crippen LogP contribution in [-0.4, -0.2) is 28.3 Å². The van der Waals surface area contributed by atoms with Crippen LogP contribution in [0.3, 0.4) is 0 Å². The number of halogens is 1. The number of thiazole rings is 1. The summed E-state index contributed by atoms with van der Waals surface area (Å²) in [6, 6.07) is 12.7. The van der Waals surface area contributed by atoms with Crippen molar-refractivity contribution in [1.29, 1.82) is 0 Å². The van der Waals surface area contributed by atoms with Crippen molar-refractivity contribution < 1.29 is 9.47 Å². The first-order valence-electron chi connectivity index (χ1n) is 8.57. The molecular weight excluding hydrogens is 398 g/mol. The predicted molar refractivity (Wildman–Crippen MR) is 111 cm³/mol. The highest BCUT2D eigenvalue weighted by Gasteiger charge is 2.12. The molecule has 8 heteroatoms. The van der Waals surface area contributed by atoms with Crippen molar-refractivity contribution in [3.63, 3.8) is 0 Å². The van der Waals surface area contributed by atoms with Crippen LogP contribution in [0.1, 0.15) is 12.5 Å². The van der Waals surface area contributed by atoms with E-state index in [2.05, 4.69) is 10.1 Å².